The first-order chi connectivity index (χ1) is 5.41. The van der Waals surface area contributed by atoms with Crippen LogP contribution in [0.3, 0.4) is 0 Å². The lowest BCUT2D eigenvalue weighted by Crippen LogP contribution is -1.81. The van der Waals surface area contributed by atoms with Gasteiger partial charge in [-0.05, 0) is 37.7 Å². The summed E-state index contributed by atoms with van der Waals surface area (Å²) in [6.07, 6.45) is 8.60. The number of unbranched alkanes of at least 4 members (excludes halogenated alkanes) is 4. The molecule has 0 aliphatic carbocycles. The van der Waals surface area contributed by atoms with E-state index >= 15 is 0 Å². The molecule has 11 heavy (non-hydrogen) atoms. The van der Waals surface area contributed by atoms with Crippen LogP contribution in [-0.4, -0.2) is 11.5 Å². The zero-order valence-electron chi connectivity index (χ0n) is 7.35. The molecule has 0 heterocycles. The first-order valence-corrected chi connectivity index (χ1v) is 5.55. The third kappa shape index (κ3) is 10.1. The minimum absolute atomic E-state index is 1.02. The number of allylic oxidation sites excluding steroid dienone is 1. The quantitative estimate of drug-likeness (QED) is 0.396. The van der Waals surface area contributed by atoms with Crippen molar-refractivity contribution in [1.29, 1.82) is 0 Å². The Morgan fingerprint density at radius 1 is 1.09 bits per heavy atom. The van der Waals surface area contributed by atoms with Gasteiger partial charge in [-0.15, -0.1) is 6.58 Å². The number of rotatable bonds is 8. The van der Waals surface area contributed by atoms with Crippen LogP contribution in [-0.2, 0) is 0 Å². The number of hydrogen-bond donors (Lipinski definition) is 0. The van der Waals surface area contributed by atoms with Gasteiger partial charge in [-0.1, -0.05) is 18.9 Å². The van der Waals surface area contributed by atoms with Crippen molar-refractivity contribution >= 4 is 11.8 Å². The Bertz CT molecular complexity index is 78.9. The molecule has 0 fully saturated rings. The summed E-state index contributed by atoms with van der Waals surface area (Å²) in [5, 5.41) is 0. The van der Waals surface area contributed by atoms with Crippen molar-refractivity contribution in [3.05, 3.63) is 19.6 Å². The van der Waals surface area contributed by atoms with Gasteiger partial charge in [-0.3, -0.25) is 0 Å². The molecule has 1 radical (unpaired) electrons. The summed E-state index contributed by atoms with van der Waals surface area (Å²) in [5.74, 6) is 2.31. The molecule has 1 heteroatoms. The van der Waals surface area contributed by atoms with Gasteiger partial charge in [0.05, 0.1) is 0 Å². The molecule has 0 saturated carbocycles. The second-order valence-corrected chi connectivity index (χ2v) is 3.83. The maximum absolute atomic E-state index is 3.78. The predicted molar refractivity (Wildman–Crippen MR) is 56.0 cm³/mol. The molecule has 0 rings (SSSR count). The predicted octanol–water partition coefficient (Wildman–Crippen LogP) is 3.69. The van der Waals surface area contributed by atoms with E-state index in [9.17, 15) is 0 Å². The lowest BCUT2D eigenvalue weighted by atomic mass is 10.2. The Kier molecular flexibility index (Phi) is 10.2. The van der Waals surface area contributed by atoms with E-state index in [2.05, 4.69) is 13.5 Å². The molecular weight excluding hydrogens is 152 g/mol. The van der Waals surface area contributed by atoms with Crippen molar-refractivity contribution in [2.45, 2.75) is 32.1 Å². The summed E-state index contributed by atoms with van der Waals surface area (Å²) in [4.78, 5) is 0. The molecule has 0 N–H and O–H groups in total. The van der Waals surface area contributed by atoms with Crippen LogP contribution in [0.4, 0.5) is 0 Å². The van der Waals surface area contributed by atoms with Crippen molar-refractivity contribution in [2.24, 2.45) is 0 Å². The van der Waals surface area contributed by atoms with Crippen LogP contribution >= 0.6 is 11.8 Å². The Morgan fingerprint density at radius 2 is 1.82 bits per heavy atom. The van der Waals surface area contributed by atoms with Crippen LogP contribution in [0.25, 0.3) is 0 Å². The van der Waals surface area contributed by atoms with E-state index in [1.807, 2.05) is 17.8 Å². The second kappa shape index (κ2) is 10.1. The Balaban J connectivity index is 2.74. The van der Waals surface area contributed by atoms with Crippen LogP contribution in [0, 0.1) is 6.92 Å². The van der Waals surface area contributed by atoms with Crippen molar-refractivity contribution in [2.75, 3.05) is 11.5 Å². The number of hydrogen-bond acceptors (Lipinski definition) is 1. The topological polar surface area (TPSA) is 0 Å². The zero-order valence-corrected chi connectivity index (χ0v) is 8.17. The van der Waals surface area contributed by atoms with E-state index in [4.69, 9.17) is 0 Å². The maximum Gasteiger partial charge on any atom is -0.00672 e. The van der Waals surface area contributed by atoms with Crippen LogP contribution in [0.15, 0.2) is 12.7 Å². The molecule has 0 spiro atoms. The largest absolute Gasteiger partial charge is 0.162 e. The van der Waals surface area contributed by atoms with E-state index < -0.39 is 0 Å². The lowest BCUT2D eigenvalue weighted by molar-refractivity contribution is 0.678. The van der Waals surface area contributed by atoms with Crippen LogP contribution in [0.1, 0.15) is 32.1 Å². The highest BCUT2D eigenvalue weighted by Gasteiger charge is 1.88. The van der Waals surface area contributed by atoms with Gasteiger partial charge in [0.15, 0.2) is 0 Å². The Morgan fingerprint density at radius 3 is 2.45 bits per heavy atom. The van der Waals surface area contributed by atoms with Gasteiger partial charge in [-0.25, -0.2) is 0 Å². The Hall–Kier alpha value is 0.0900. The van der Waals surface area contributed by atoms with E-state index in [1.54, 1.807) is 0 Å². The molecule has 0 aromatic carbocycles. The molecule has 0 aromatic rings. The summed E-state index contributed by atoms with van der Waals surface area (Å²) >= 11 is 1.94. The average Bonchev–Trinajstić information content (AvgIpc) is 2.03. The van der Waals surface area contributed by atoms with Crippen molar-refractivity contribution in [3.63, 3.8) is 0 Å². The highest BCUT2D eigenvalue weighted by molar-refractivity contribution is 7.99. The van der Waals surface area contributed by atoms with Gasteiger partial charge in [0.25, 0.3) is 0 Å². The summed E-state index contributed by atoms with van der Waals surface area (Å²) in [6.45, 7) is 7.48. The van der Waals surface area contributed by atoms with Crippen LogP contribution < -0.4 is 0 Å². The second-order valence-electron chi connectivity index (χ2n) is 2.60. The molecule has 65 valence electrons. The van der Waals surface area contributed by atoms with Crippen molar-refractivity contribution < 1.29 is 0 Å². The summed E-state index contributed by atoms with van der Waals surface area (Å²) in [5.41, 5.74) is 0. The standard InChI is InChI=1S/C10H19S/c1-3-5-6-7-8-9-10-11-4-2/h3H,1-2,4-10H2. The molecule has 0 atom stereocenters. The monoisotopic (exact) mass is 171 g/mol. The molecule has 0 aromatic heterocycles. The van der Waals surface area contributed by atoms with Crippen molar-refractivity contribution in [1.82, 2.24) is 0 Å². The van der Waals surface area contributed by atoms with E-state index in [0.29, 0.717) is 0 Å². The summed E-state index contributed by atoms with van der Waals surface area (Å²) < 4.78 is 0. The average molecular weight is 171 g/mol. The fraction of sp³-hybridized carbons (Fsp3) is 0.700. The van der Waals surface area contributed by atoms with E-state index in [0.717, 1.165) is 5.75 Å². The summed E-state index contributed by atoms with van der Waals surface area (Å²) in [7, 11) is 0. The SMILES string of the molecule is [CH2]CSCCCCCCC=C. The molecule has 0 unspecified atom stereocenters. The Labute approximate surface area is 75.5 Å². The molecule has 0 nitrogen and oxygen atoms in total. The van der Waals surface area contributed by atoms with Crippen LogP contribution in [0.5, 0.6) is 0 Å². The van der Waals surface area contributed by atoms with Crippen molar-refractivity contribution in [3.8, 4) is 0 Å². The number of thioether (sulfide) groups is 1. The minimum atomic E-state index is 1.02. The molecule has 0 aliphatic heterocycles. The molecule has 0 saturated heterocycles. The summed E-state index contributed by atoms with van der Waals surface area (Å²) in [6, 6.07) is 0. The zero-order chi connectivity index (χ0) is 8.36. The highest BCUT2D eigenvalue weighted by atomic mass is 32.2. The third-order valence-corrected chi connectivity index (χ3v) is 2.46. The van der Waals surface area contributed by atoms with Gasteiger partial charge in [0, 0.05) is 0 Å². The molecule has 0 bridgehead atoms. The van der Waals surface area contributed by atoms with Gasteiger partial charge in [-0.2, -0.15) is 11.8 Å². The third-order valence-electron chi connectivity index (χ3n) is 1.59. The molecular formula is C10H19S. The maximum atomic E-state index is 3.78. The van der Waals surface area contributed by atoms with E-state index in [1.165, 1.54) is 37.9 Å². The smallest absolute Gasteiger partial charge is 0.00672 e. The highest BCUT2D eigenvalue weighted by Crippen LogP contribution is 2.07. The minimum Gasteiger partial charge on any atom is -0.162 e. The van der Waals surface area contributed by atoms with Gasteiger partial charge >= 0.3 is 0 Å². The van der Waals surface area contributed by atoms with E-state index in [-0.39, 0.29) is 0 Å². The normalized spacial score (nSPS) is 9.91. The molecule has 0 aliphatic rings. The lowest BCUT2D eigenvalue weighted by Gasteiger charge is -1.98. The van der Waals surface area contributed by atoms with Gasteiger partial charge < -0.3 is 0 Å². The van der Waals surface area contributed by atoms with Gasteiger partial charge in [0.1, 0.15) is 0 Å². The van der Waals surface area contributed by atoms with Gasteiger partial charge in [0.2, 0.25) is 0 Å². The first-order valence-electron chi connectivity index (χ1n) is 4.39. The molecule has 0 amide bonds. The fourth-order valence-corrected chi connectivity index (χ4v) is 1.56. The first kappa shape index (κ1) is 11.1. The fourth-order valence-electron chi connectivity index (χ4n) is 0.948. The van der Waals surface area contributed by atoms with Crippen LogP contribution in [0.2, 0.25) is 0 Å².